The van der Waals surface area contributed by atoms with E-state index in [-0.39, 0.29) is 46.6 Å². The monoisotopic (exact) mass is 355 g/mol. The Hall–Kier alpha value is -2.08. The molecule has 1 radical (unpaired) electrons. The van der Waals surface area contributed by atoms with Crippen LogP contribution in [-0.4, -0.2) is 29.6 Å². The first-order chi connectivity index (χ1) is 8.49. The molecule has 0 amide bonds. The molecular weight excluding hydrogens is 355 g/mol. The van der Waals surface area contributed by atoms with Crippen molar-refractivity contribution >= 4 is 29.6 Å². The summed E-state index contributed by atoms with van der Waals surface area (Å²) in [4.78, 5) is 48.0. The van der Waals surface area contributed by atoms with Gasteiger partial charge in [0.05, 0.1) is 0 Å². The van der Waals surface area contributed by atoms with Crippen LogP contribution in [0.15, 0.2) is 32.0 Å². The molecule has 117 valence electrons. The summed E-state index contributed by atoms with van der Waals surface area (Å²) >= 11 is 0. The summed E-state index contributed by atoms with van der Waals surface area (Å²) in [6.07, 6.45) is 0. The molecule has 0 fully saturated rings. The summed E-state index contributed by atoms with van der Waals surface area (Å²) in [6, 6.07) is 0. The maximum atomic E-state index is 8.00. The average Bonchev–Trinajstić information content (AvgIpc) is 2.23. The second-order valence-electron chi connectivity index (χ2n) is 0.447. The van der Waals surface area contributed by atoms with E-state index in [9.17, 15) is 0 Å². The van der Waals surface area contributed by atoms with Crippen molar-refractivity contribution in [2.75, 3.05) is 0 Å². The Morgan fingerprint density at radius 2 is 0.400 bits per heavy atom. The maximum absolute atomic E-state index is 8.00. The van der Waals surface area contributed by atoms with Gasteiger partial charge in [0.25, 0.3) is 0 Å². The van der Waals surface area contributed by atoms with Crippen LogP contribution in [0, 0.1) is 60.7 Å². The normalized spacial score (nSPS) is 3.60. The van der Waals surface area contributed by atoms with Gasteiger partial charge in [-0.15, -0.1) is 32.0 Å². The van der Waals surface area contributed by atoms with Crippen LogP contribution in [0.1, 0.15) is 0 Å². The van der Waals surface area contributed by atoms with Gasteiger partial charge in [0.15, 0.2) is 0 Å². The fourth-order valence-corrected chi connectivity index (χ4v) is 0. The summed E-state index contributed by atoms with van der Waals surface area (Å²) in [6.45, 7) is 0. The molecule has 0 bridgehead atoms. The molecule has 20 heavy (non-hydrogen) atoms. The van der Waals surface area contributed by atoms with Crippen molar-refractivity contribution in [1.82, 2.24) is 0 Å². The quantitative estimate of drug-likeness (QED) is 0.335. The summed E-state index contributed by atoms with van der Waals surface area (Å²) in [5, 5.41) is 54.0. The first kappa shape index (κ1) is 52.1. The van der Waals surface area contributed by atoms with E-state index in [1.54, 1.807) is 0 Å². The van der Waals surface area contributed by atoms with E-state index in [1.165, 1.54) is 0 Å². The first-order valence-corrected chi connectivity index (χ1v) is 2.19. The molecule has 0 atom stereocenters. The molecule has 0 heterocycles. The first-order valence-electron chi connectivity index (χ1n) is 2.19. The van der Waals surface area contributed by atoms with Crippen molar-refractivity contribution in [3.63, 3.8) is 0 Å². The molecule has 0 N–H and O–H groups in total. The molecule has 0 saturated heterocycles. The van der Waals surface area contributed by atoms with E-state index in [1.807, 2.05) is 0 Å². The van der Waals surface area contributed by atoms with Crippen molar-refractivity contribution in [2.24, 2.45) is 32.0 Å². The van der Waals surface area contributed by atoms with Crippen LogP contribution < -0.4 is 0 Å². The van der Waals surface area contributed by atoms with Crippen LogP contribution in [0.2, 0.25) is 0 Å². The van der Waals surface area contributed by atoms with Gasteiger partial charge in [-0.25, -0.2) is 0 Å². The molecule has 0 aliphatic heterocycles. The van der Waals surface area contributed by atoms with Crippen LogP contribution in [-0.2, 0) is 17.1 Å². The van der Waals surface area contributed by atoms with E-state index in [4.69, 9.17) is 60.7 Å². The Kier molecular flexibility index (Phi) is 728. The molecule has 0 aliphatic rings. The van der Waals surface area contributed by atoms with Gasteiger partial charge in [0.1, 0.15) is 0 Å². The van der Waals surface area contributed by atoms with Gasteiger partial charge in [-0.2, -0.15) is 0 Å². The van der Waals surface area contributed by atoms with Crippen molar-refractivity contribution in [3.05, 3.63) is 60.7 Å². The SMILES string of the molecule is O=N[O-].O=N[O-].O=N[O-].O=N[O-].O=N[O-].O=N[O-].[Fe].[Na]. The van der Waals surface area contributed by atoms with E-state index < -0.39 is 0 Å². The van der Waals surface area contributed by atoms with Gasteiger partial charge in [0, 0.05) is 46.6 Å². The standard InChI is InChI=1S/Fe.6HNO2.Na/c;6*2-1-3;/h;6*(H,2,3);/p-6. The third-order valence-corrected chi connectivity index (χ3v) is 0. The minimum Gasteiger partial charge on any atom is -0.444 e. The van der Waals surface area contributed by atoms with Crippen LogP contribution in [0.25, 0.3) is 0 Å². The smallest absolute Gasteiger partial charge is 0 e. The molecule has 0 spiro atoms. The number of hydrogen-bond acceptors (Lipinski definition) is 18. The molecule has 0 saturated carbocycles. The predicted octanol–water partition coefficient (Wildman–Crippen LogP) is 1.12. The van der Waals surface area contributed by atoms with Gasteiger partial charge < -0.3 is 60.7 Å². The summed E-state index contributed by atoms with van der Waals surface area (Å²) < 4.78 is 0. The molecule has 0 aromatic carbocycles. The number of hydrogen-bond donors (Lipinski definition) is 0. The second-order valence-corrected chi connectivity index (χ2v) is 0.447. The van der Waals surface area contributed by atoms with E-state index in [2.05, 4.69) is 0 Å². The van der Waals surface area contributed by atoms with E-state index >= 15 is 0 Å². The van der Waals surface area contributed by atoms with Gasteiger partial charge in [-0.3, -0.25) is 0 Å². The summed E-state index contributed by atoms with van der Waals surface area (Å²) in [7, 11) is 0. The Morgan fingerprint density at radius 3 is 0.400 bits per heavy atom. The fourth-order valence-electron chi connectivity index (χ4n) is 0. The Bertz CT molecular complexity index is 119. The van der Waals surface area contributed by atoms with Gasteiger partial charge in [-0.1, -0.05) is 0 Å². The second kappa shape index (κ2) is 279. The van der Waals surface area contributed by atoms with Gasteiger partial charge in [0.2, 0.25) is 0 Å². The van der Waals surface area contributed by atoms with Crippen molar-refractivity contribution < 1.29 is 17.1 Å². The molecule has 0 aromatic heterocycles. The molecule has 0 rings (SSSR count). The molecule has 0 aromatic rings. The largest absolute Gasteiger partial charge is 0.444 e. The summed E-state index contributed by atoms with van der Waals surface area (Å²) in [5.74, 6) is 0. The van der Waals surface area contributed by atoms with Crippen molar-refractivity contribution in [1.29, 1.82) is 0 Å². The Balaban J connectivity index is -0.0000000141. The number of nitrogens with zero attached hydrogens (tertiary/aromatic N) is 6. The zero-order chi connectivity index (χ0) is 16.2. The third kappa shape index (κ3) is 819. The summed E-state index contributed by atoms with van der Waals surface area (Å²) in [5.41, 5.74) is 0. The maximum Gasteiger partial charge on any atom is 0 e. The third-order valence-electron chi connectivity index (χ3n) is 0. The van der Waals surface area contributed by atoms with E-state index in [0.717, 1.165) is 32.0 Å². The Labute approximate surface area is 139 Å². The number of rotatable bonds is 0. The van der Waals surface area contributed by atoms with Crippen LogP contribution >= 0.6 is 0 Å². The van der Waals surface area contributed by atoms with Crippen LogP contribution in [0.3, 0.4) is 0 Å². The molecule has 20 heteroatoms. The van der Waals surface area contributed by atoms with Crippen LogP contribution in [0.4, 0.5) is 0 Å². The fraction of sp³-hybridized carbons (Fsp3) is 0. The minimum absolute atomic E-state index is 0. The zero-order valence-corrected chi connectivity index (χ0v) is 12.0. The van der Waals surface area contributed by atoms with Crippen LogP contribution in [0.5, 0.6) is 0 Å². The van der Waals surface area contributed by atoms with Gasteiger partial charge in [-0.05, 0) is 0 Å². The van der Waals surface area contributed by atoms with Crippen molar-refractivity contribution in [3.8, 4) is 0 Å². The molecular formula is FeN6NaO12-6. The predicted molar refractivity (Wildman–Crippen MR) is 60.7 cm³/mol. The molecule has 18 nitrogen and oxygen atoms in total. The topological polar surface area (TPSA) is 315 Å². The van der Waals surface area contributed by atoms with Crippen molar-refractivity contribution in [2.45, 2.75) is 0 Å². The minimum atomic E-state index is 0. The average molecular weight is 355 g/mol. The zero-order valence-electron chi connectivity index (χ0n) is 8.94. The van der Waals surface area contributed by atoms with E-state index in [0.29, 0.717) is 0 Å². The molecule has 0 aliphatic carbocycles. The Morgan fingerprint density at radius 1 is 0.400 bits per heavy atom. The van der Waals surface area contributed by atoms with Gasteiger partial charge >= 0.3 is 0 Å². The molecule has 0 unspecified atom stereocenters.